The van der Waals surface area contributed by atoms with E-state index in [0.29, 0.717) is 0 Å². The summed E-state index contributed by atoms with van der Waals surface area (Å²) in [5.41, 5.74) is 1.17. The van der Waals surface area contributed by atoms with Crippen LogP contribution in [0.1, 0.15) is 6.92 Å². The number of aromatic nitrogens is 2. The van der Waals surface area contributed by atoms with E-state index in [1.165, 1.54) is 14.1 Å². The highest BCUT2D eigenvalue weighted by Crippen LogP contribution is 2.32. The monoisotopic (exact) mass is 338 g/mol. The van der Waals surface area contributed by atoms with Gasteiger partial charge in [-0.25, -0.2) is 0 Å². The van der Waals surface area contributed by atoms with E-state index in [-0.39, 0.29) is 0 Å². The van der Waals surface area contributed by atoms with Crippen molar-refractivity contribution in [3.05, 3.63) is 26.2 Å². The number of halogens is 2. The molecule has 2 aromatic heterocycles. The first kappa shape index (κ1) is 10.4. The van der Waals surface area contributed by atoms with Gasteiger partial charge < -0.3 is 0 Å². The predicted molar refractivity (Wildman–Crippen MR) is 68.9 cm³/mol. The zero-order valence-corrected chi connectivity index (χ0v) is 11.2. The Bertz CT molecular complexity index is 449. The maximum absolute atomic E-state index is 5.90. The molecule has 2 heterocycles. The van der Waals surface area contributed by atoms with Crippen molar-refractivity contribution in [1.82, 2.24) is 9.78 Å². The van der Waals surface area contributed by atoms with Gasteiger partial charge in [0, 0.05) is 11.9 Å². The smallest absolute Gasteiger partial charge is 0.0915 e. The SMILES string of the molecule is CCn1ncc(I)c1-c1cc(Cl)cs1. The van der Waals surface area contributed by atoms with Gasteiger partial charge in [0.1, 0.15) is 0 Å². The molecule has 0 spiro atoms. The molecule has 2 aromatic rings. The summed E-state index contributed by atoms with van der Waals surface area (Å²) < 4.78 is 3.16. The van der Waals surface area contributed by atoms with E-state index in [4.69, 9.17) is 11.6 Å². The number of hydrogen-bond acceptors (Lipinski definition) is 2. The van der Waals surface area contributed by atoms with Crippen molar-refractivity contribution in [1.29, 1.82) is 0 Å². The lowest BCUT2D eigenvalue weighted by Gasteiger charge is -2.01. The first-order valence-electron chi connectivity index (χ1n) is 4.18. The van der Waals surface area contributed by atoms with Crippen LogP contribution in [0.4, 0.5) is 0 Å². The van der Waals surface area contributed by atoms with Crippen LogP contribution in [0.2, 0.25) is 5.02 Å². The Morgan fingerprint density at radius 2 is 2.43 bits per heavy atom. The number of rotatable bonds is 2. The van der Waals surface area contributed by atoms with Crippen molar-refractivity contribution in [2.45, 2.75) is 13.5 Å². The molecule has 0 atom stereocenters. The highest BCUT2D eigenvalue weighted by atomic mass is 127. The van der Waals surface area contributed by atoms with E-state index in [1.54, 1.807) is 11.3 Å². The van der Waals surface area contributed by atoms with Gasteiger partial charge in [0.25, 0.3) is 0 Å². The minimum Gasteiger partial charge on any atom is -0.263 e. The average Bonchev–Trinajstić information content (AvgIpc) is 2.71. The highest BCUT2D eigenvalue weighted by molar-refractivity contribution is 14.1. The van der Waals surface area contributed by atoms with Gasteiger partial charge in [-0.1, -0.05) is 11.6 Å². The fourth-order valence-electron chi connectivity index (χ4n) is 1.28. The van der Waals surface area contributed by atoms with Crippen LogP contribution < -0.4 is 0 Å². The van der Waals surface area contributed by atoms with Gasteiger partial charge in [-0.3, -0.25) is 4.68 Å². The predicted octanol–water partition coefficient (Wildman–Crippen LogP) is 3.89. The lowest BCUT2D eigenvalue weighted by atomic mass is 10.3. The minimum absolute atomic E-state index is 0.796. The molecule has 5 heteroatoms. The van der Waals surface area contributed by atoms with Crippen LogP contribution in [0.3, 0.4) is 0 Å². The van der Waals surface area contributed by atoms with Crippen LogP contribution in [-0.4, -0.2) is 9.78 Å². The minimum atomic E-state index is 0.796. The fraction of sp³-hybridized carbons (Fsp3) is 0.222. The zero-order valence-electron chi connectivity index (χ0n) is 7.50. The molecule has 0 radical (unpaired) electrons. The van der Waals surface area contributed by atoms with Crippen LogP contribution >= 0.6 is 45.5 Å². The largest absolute Gasteiger partial charge is 0.263 e. The molecule has 0 aliphatic rings. The van der Waals surface area contributed by atoms with Crippen LogP contribution in [0.25, 0.3) is 10.6 Å². The van der Waals surface area contributed by atoms with Crippen molar-refractivity contribution in [3.63, 3.8) is 0 Å². The van der Waals surface area contributed by atoms with Crippen LogP contribution in [0, 0.1) is 3.57 Å². The molecule has 2 nitrogen and oxygen atoms in total. The van der Waals surface area contributed by atoms with Gasteiger partial charge in [-0.15, -0.1) is 11.3 Å². The number of nitrogens with zero attached hydrogens (tertiary/aromatic N) is 2. The fourth-order valence-corrected chi connectivity index (χ4v) is 3.30. The first-order chi connectivity index (χ1) is 6.72. The zero-order chi connectivity index (χ0) is 10.1. The van der Waals surface area contributed by atoms with E-state index >= 15 is 0 Å². The third-order valence-electron chi connectivity index (χ3n) is 1.90. The molecule has 0 unspecified atom stereocenters. The van der Waals surface area contributed by atoms with E-state index < -0.39 is 0 Å². The van der Waals surface area contributed by atoms with Crippen molar-refractivity contribution in [2.24, 2.45) is 0 Å². The second-order valence-corrected chi connectivity index (χ2v) is 5.30. The van der Waals surface area contributed by atoms with E-state index in [2.05, 4.69) is 34.6 Å². The molecule has 0 N–H and O–H groups in total. The Balaban J connectivity index is 2.54. The second kappa shape index (κ2) is 4.20. The van der Waals surface area contributed by atoms with Crippen molar-refractivity contribution >= 4 is 45.5 Å². The number of thiophene rings is 1. The summed E-state index contributed by atoms with van der Waals surface area (Å²) >= 11 is 9.85. The van der Waals surface area contributed by atoms with Crippen LogP contribution in [0.15, 0.2) is 17.6 Å². The summed E-state index contributed by atoms with van der Waals surface area (Å²) in [5, 5.41) is 7.03. The Kier molecular flexibility index (Phi) is 3.14. The summed E-state index contributed by atoms with van der Waals surface area (Å²) in [6, 6.07) is 1.98. The van der Waals surface area contributed by atoms with Gasteiger partial charge in [0.2, 0.25) is 0 Å². The summed E-state index contributed by atoms with van der Waals surface area (Å²) in [7, 11) is 0. The van der Waals surface area contributed by atoms with E-state index in [0.717, 1.165) is 11.6 Å². The molecule has 2 rings (SSSR count). The normalized spacial score (nSPS) is 10.8. The lowest BCUT2D eigenvalue weighted by molar-refractivity contribution is 0.668. The topological polar surface area (TPSA) is 17.8 Å². The van der Waals surface area contributed by atoms with Crippen molar-refractivity contribution in [2.75, 3.05) is 0 Å². The van der Waals surface area contributed by atoms with Gasteiger partial charge in [-0.2, -0.15) is 5.10 Å². The van der Waals surface area contributed by atoms with Crippen molar-refractivity contribution < 1.29 is 0 Å². The standard InChI is InChI=1S/C9H8ClIN2S/c1-2-13-9(7(11)4-12-13)8-3-6(10)5-14-8/h3-5H,2H2,1H3. The molecule has 0 amide bonds. The average molecular weight is 339 g/mol. The molecule has 0 aliphatic carbocycles. The van der Waals surface area contributed by atoms with E-state index in [9.17, 15) is 0 Å². The Hall–Kier alpha value is -0.0700. The molecule has 0 fully saturated rings. The third kappa shape index (κ3) is 1.83. The Labute approximate surface area is 105 Å². The van der Waals surface area contributed by atoms with E-state index in [1.807, 2.05) is 22.3 Å². The summed E-state index contributed by atoms with van der Waals surface area (Å²) in [6.07, 6.45) is 1.88. The maximum atomic E-state index is 5.90. The lowest BCUT2D eigenvalue weighted by Crippen LogP contribution is -1.98. The molecule has 0 bridgehead atoms. The molecular weight excluding hydrogens is 331 g/mol. The first-order valence-corrected chi connectivity index (χ1v) is 6.51. The molecule has 0 saturated carbocycles. The maximum Gasteiger partial charge on any atom is 0.0915 e. The Morgan fingerprint density at radius 1 is 1.64 bits per heavy atom. The summed E-state index contributed by atoms with van der Waals surface area (Å²) in [4.78, 5) is 1.18. The second-order valence-electron chi connectivity index (χ2n) is 2.79. The molecular formula is C9H8ClIN2S. The Morgan fingerprint density at radius 3 is 3.00 bits per heavy atom. The molecule has 0 aromatic carbocycles. The molecule has 74 valence electrons. The van der Waals surface area contributed by atoms with Gasteiger partial charge in [0.15, 0.2) is 0 Å². The van der Waals surface area contributed by atoms with Crippen molar-refractivity contribution in [3.8, 4) is 10.6 Å². The molecule has 14 heavy (non-hydrogen) atoms. The van der Waals surface area contributed by atoms with Crippen LogP contribution in [-0.2, 0) is 6.54 Å². The number of aryl methyl sites for hydroxylation is 1. The number of hydrogen-bond donors (Lipinski definition) is 0. The molecule has 0 saturated heterocycles. The summed E-state index contributed by atoms with van der Waals surface area (Å²) in [6.45, 7) is 2.97. The van der Waals surface area contributed by atoms with Gasteiger partial charge in [-0.05, 0) is 35.6 Å². The summed E-state index contributed by atoms with van der Waals surface area (Å²) in [5.74, 6) is 0. The third-order valence-corrected chi connectivity index (χ3v) is 3.97. The van der Waals surface area contributed by atoms with Crippen LogP contribution in [0.5, 0.6) is 0 Å². The quantitative estimate of drug-likeness (QED) is 0.760. The van der Waals surface area contributed by atoms with Gasteiger partial charge in [0.05, 0.1) is 25.4 Å². The highest BCUT2D eigenvalue weighted by Gasteiger charge is 2.11. The van der Waals surface area contributed by atoms with Gasteiger partial charge >= 0.3 is 0 Å². The molecule has 0 aliphatic heterocycles.